The van der Waals surface area contributed by atoms with Crippen LogP contribution in [0.15, 0.2) is 59.7 Å². The molecule has 12 heteroatoms. The van der Waals surface area contributed by atoms with Crippen molar-refractivity contribution in [2.24, 2.45) is 5.10 Å². The highest BCUT2D eigenvalue weighted by molar-refractivity contribution is 7.85. The van der Waals surface area contributed by atoms with Gasteiger partial charge in [0.05, 0.1) is 52.2 Å². The van der Waals surface area contributed by atoms with Crippen molar-refractivity contribution in [2.45, 2.75) is 13.3 Å². The highest BCUT2D eigenvalue weighted by Crippen LogP contribution is 2.28. The Morgan fingerprint density at radius 1 is 1.07 bits per heavy atom. The van der Waals surface area contributed by atoms with E-state index in [2.05, 4.69) is 34.5 Å². The van der Waals surface area contributed by atoms with Crippen molar-refractivity contribution in [2.75, 3.05) is 63.7 Å². The summed E-state index contributed by atoms with van der Waals surface area (Å²) in [7, 11) is -0.403. The van der Waals surface area contributed by atoms with Crippen LogP contribution in [-0.2, 0) is 21.3 Å². The molecule has 1 aliphatic heterocycles. The molecule has 2 aromatic carbocycles. The van der Waals surface area contributed by atoms with E-state index in [4.69, 9.17) is 28.5 Å². The Bertz CT molecular complexity index is 1370. The number of hydrogen-bond donors (Lipinski definition) is 2. The minimum absolute atomic E-state index is 0.473. The van der Waals surface area contributed by atoms with Gasteiger partial charge in [0, 0.05) is 31.6 Å². The number of pyridine rings is 1. The minimum Gasteiger partial charge on any atom is -0.493 e. The Kier molecular flexibility index (Phi) is 11.5. The maximum absolute atomic E-state index is 9.19. The van der Waals surface area contributed by atoms with Gasteiger partial charge >= 0.3 is 0 Å². The van der Waals surface area contributed by atoms with Crippen LogP contribution in [0.25, 0.3) is 0 Å². The molecule has 216 valence electrons. The van der Waals surface area contributed by atoms with E-state index in [0.717, 1.165) is 35.7 Å². The molecule has 0 bridgehead atoms. The van der Waals surface area contributed by atoms with Gasteiger partial charge in [0.2, 0.25) is 5.88 Å². The number of hydrazone groups is 1. The normalized spacial score (nSPS) is 13.4. The average Bonchev–Trinajstić information content (AvgIpc) is 2.92. The van der Waals surface area contributed by atoms with E-state index in [1.54, 1.807) is 20.4 Å². The number of rotatable bonds is 10. The van der Waals surface area contributed by atoms with Crippen LogP contribution in [0, 0.1) is 6.92 Å². The van der Waals surface area contributed by atoms with Gasteiger partial charge < -0.3 is 23.8 Å². The van der Waals surface area contributed by atoms with Gasteiger partial charge in [-0.1, -0.05) is 35.9 Å². The van der Waals surface area contributed by atoms with Crippen LogP contribution in [0.3, 0.4) is 0 Å². The minimum atomic E-state index is -3.67. The molecule has 2 N–H and O–H groups in total. The lowest BCUT2D eigenvalue weighted by atomic mass is 10.1. The van der Waals surface area contributed by atoms with E-state index in [1.807, 2.05) is 42.5 Å². The van der Waals surface area contributed by atoms with Crippen LogP contribution in [-0.4, -0.2) is 77.6 Å². The number of anilines is 2. The largest absolute Gasteiger partial charge is 0.493 e. The van der Waals surface area contributed by atoms with Crippen LogP contribution in [0.4, 0.5) is 11.5 Å². The van der Waals surface area contributed by atoms with Crippen LogP contribution < -0.4 is 24.5 Å². The number of aromatic nitrogens is 1. The molecular weight excluding hydrogens is 536 g/mol. The molecule has 0 saturated carbocycles. The predicted octanol–water partition coefficient (Wildman–Crippen LogP) is 3.82. The molecule has 1 fully saturated rings. The molecule has 4 rings (SSSR count). The number of benzene rings is 2. The van der Waals surface area contributed by atoms with Crippen LogP contribution in [0.2, 0.25) is 0 Å². The van der Waals surface area contributed by atoms with Gasteiger partial charge in [0.15, 0.2) is 11.5 Å². The summed E-state index contributed by atoms with van der Waals surface area (Å²) >= 11 is 0. The third-order valence-corrected chi connectivity index (χ3v) is 5.66. The van der Waals surface area contributed by atoms with Gasteiger partial charge in [-0.05, 0) is 30.2 Å². The first-order valence-corrected chi connectivity index (χ1v) is 14.5. The fraction of sp³-hybridized carbons (Fsp3) is 0.357. The number of nitrogens with zero attached hydrogens (tertiary/aromatic N) is 3. The van der Waals surface area contributed by atoms with Gasteiger partial charge in [-0.15, -0.1) is 0 Å². The molecule has 1 aromatic heterocycles. The highest BCUT2D eigenvalue weighted by atomic mass is 32.2. The highest BCUT2D eigenvalue weighted by Gasteiger charge is 2.15. The molecule has 0 spiro atoms. The monoisotopic (exact) mass is 572 g/mol. The Labute approximate surface area is 235 Å². The third kappa shape index (κ3) is 10.7. The topological polar surface area (TPSA) is 132 Å². The first-order chi connectivity index (χ1) is 19.1. The van der Waals surface area contributed by atoms with Crippen molar-refractivity contribution in [3.8, 4) is 17.4 Å². The van der Waals surface area contributed by atoms with Crippen molar-refractivity contribution >= 4 is 27.8 Å². The van der Waals surface area contributed by atoms with Gasteiger partial charge in [-0.2, -0.15) is 18.5 Å². The molecule has 1 saturated heterocycles. The summed E-state index contributed by atoms with van der Waals surface area (Å²) in [6, 6.07) is 17.9. The summed E-state index contributed by atoms with van der Waals surface area (Å²) in [5.41, 5.74) is 7.26. The Morgan fingerprint density at radius 3 is 2.48 bits per heavy atom. The molecular formula is C28H36N4O7S. The molecule has 0 aliphatic carbocycles. The smallest absolute Gasteiger partial charge is 0.261 e. The quantitative estimate of drug-likeness (QED) is 0.210. The lowest BCUT2D eigenvalue weighted by molar-refractivity contribution is 0.122. The summed E-state index contributed by atoms with van der Waals surface area (Å²) < 4.78 is 48.1. The lowest BCUT2D eigenvalue weighted by Crippen LogP contribution is -2.36. The number of hydrogen-bond acceptors (Lipinski definition) is 10. The molecule has 11 nitrogen and oxygen atoms in total. The van der Waals surface area contributed by atoms with E-state index < -0.39 is 10.1 Å². The van der Waals surface area contributed by atoms with E-state index in [1.165, 1.54) is 5.56 Å². The van der Waals surface area contributed by atoms with E-state index in [0.29, 0.717) is 49.9 Å². The maximum Gasteiger partial charge on any atom is 0.261 e. The first-order valence-electron chi connectivity index (χ1n) is 12.6. The summed E-state index contributed by atoms with van der Waals surface area (Å²) in [6.07, 6.45) is 3.23. The second-order valence-corrected chi connectivity index (χ2v) is 10.4. The summed E-state index contributed by atoms with van der Waals surface area (Å²) in [5, 5.41) is 4.42. The average molecular weight is 573 g/mol. The number of ether oxygens (including phenoxy) is 4. The SMILES string of the molecule is COc1ccc(CCOc2cc(N/N=C/c3cccc(C)c3)cc(N3CCOCC3)n2)cc1OC.CS(=O)(=O)O. The molecule has 1 aliphatic rings. The van der Waals surface area contributed by atoms with E-state index >= 15 is 0 Å². The fourth-order valence-electron chi connectivity index (χ4n) is 3.83. The Hall–Kier alpha value is -3.87. The second-order valence-electron chi connectivity index (χ2n) is 8.96. The summed E-state index contributed by atoms with van der Waals surface area (Å²) in [6.45, 7) is 5.47. The van der Waals surface area contributed by atoms with Gasteiger partial charge in [0.1, 0.15) is 5.82 Å². The summed E-state index contributed by atoms with van der Waals surface area (Å²) in [4.78, 5) is 6.93. The number of morpholine rings is 1. The van der Waals surface area contributed by atoms with Crippen molar-refractivity contribution in [1.29, 1.82) is 0 Å². The van der Waals surface area contributed by atoms with E-state index in [-0.39, 0.29) is 0 Å². The first kappa shape index (κ1) is 30.7. The zero-order chi connectivity index (χ0) is 29.0. The Morgan fingerprint density at radius 2 is 1.80 bits per heavy atom. The summed E-state index contributed by atoms with van der Waals surface area (Å²) in [5.74, 6) is 2.79. The zero-order valence-electron chi connectivity index (χ0n) is 23.2. The molecule has 0 unspecified atom stereocenters. The fourth-order valence-corrected chi connectivity index (χ4v) is 3.83. The van der Waals surface area contributed by atoms with Crippen molar-refractivity contribution in [1.82, 2.24) is 4.98 Å². The van der Waals surface area contributed by atoms with Crippen molar-refractivity contribution in [3.63, 3.8) is 0 Å². The van der Waals surface area contributed by atoms with Crippen molar-refractivity contribution in [3.05, 3.63) is 71.3 Å². The second kappa shape index (κ2) is 15.1. The Balaban J connectivity index is 0.000000810. The standard InChI is InChI=1S/C27H32N4O4.CH4O3S/c1-20-5-4-6-22(15-20)19-28-30-23-17-26(31-10-13-34-14-11-31)29-27(18-23)35-12-9-21-7-8-24(32-2)25(16-21)33-3;1-5(2,3)4/h4-8,15-19H,9-14H2,1-3H3,(H,29,30);1H3,(H,2,3,4)/b28-19+;. The molecule has 40 heavy (non-hydrogen) atoms. The molecule has 0 radical (unpaired) electrons. The van der Waals surface area contributed by atoms with Crippen LogP contribution >= 0.6 is 0 Å². The van der Waals surface area contributed by atoms with Crippen molar-refractivity contribution < 1.29 is 31.9 Å². The van der Waals surface area contributed by atoms with Gasteiger partial charge in [0.25, 0.3) is 10.1 Å². The van der Waals surface area contributed by atoms with Gasteiger partial charge in [-0.25, -0.2) is 0 Å². The maximum atomic E-state index is 9.19. The number of nitrogens with one attached hydrogen (secondary N) is 1. The van der Waals surface area contributed by atoms with Crippen LogP contribution in [0.5, 0.6) is 17.4 Å². The predicted molar refractivity (Wildman–Crippen MR) is 156 cm³/mol. The van der Waals surface area contributed by atoms with E-state index in [9.17, 15) is 8.42 Å². The molecule has 3 aromatic rings. The van der Waals surface area contributed by atoms with Crippen LogP contribution in [0.1, 0.15) is 16.7 Å². The number of aryl methyl sites for hydroxylation is 1. The third-order valence-electron chi connectivity index (χ3n) is 5.66. The number of methoxy groups -OCH3 is 2. The van der Waals surface area contributed by atoms with Gasteiger partial charge in [-0.3, -0.25) is 9.98 Å². The zero-order valence-corrected chi connectivity index (χ0v) is 24.0. The molecule has 2 heterocycles. The molecule has 0 amide bonds. The lowest BCUT2D eigenvalue weighted by Gasteiger charge is -2.28. The molecule has 0 atom stereocenters.